The Bertz CT molecular complexity index is 455. The second kappa shape index (κ2) is 3.51. The third-order valence-electron chi connectivity index (χ3n) is 1.62. The van der Waals surface area contributed by atoms with E-state index in [1.807, 2.05) is 0 Å². The molecule has 2 heterocycles. The van der Waals surface area contributed by atoms with Crippen LogP contribution in [0.1, 0.15) is 10.4 Å². The third-order valence-corrected chi connectivity index (χ3v) is 2.47. The zero-order chi connectivity index (χ0) is 9.97. The predicted molar refractivity (Wildman–Crippen MR) is 50.1 cm³/mol. The molecule has 70 valence electrons. The van der Waals surface area contributed by atoms with Gasteiger partial charge >= 0.3 is 5.97 Å². The lowest BCUT2D eigenvalue weighted by atomic mass is 10.2. The first kappa shape index (κ1) is 8.76. The lowest BCUT2D eigenvalue weighted by Gasteiger charge is -1.95. The lowest BCUT2D eigenvalue weighted by Crippen LogP contribution is -1.95. The number of carboxylic acid groups (broad SMARTS) is 1. The Balaban J connectivity index is 2.52. The maximum atomic E-state index is 10.8. The van der Waals surface area contributed by atoms with Crippen LogP contribution < -0.4 is 0 Å². The minimum atomic E-state index is -0.988. The minimum Gasteiger partial charge on any atom is -0.478 e. The Labute approximate surface area is 83.2 Å². The van der Waals surface area contributed by atoms with E-state index in [4.69, 9.17) is 5.11 Å². The average Bonchev–Trinajstić information content (AvgIpc) is 2.67. The first-order valence-corrected chi connectivity index (χ1v) is 4.49. The Morgan fingerprint density at radius 2 is 2.00 bits per heavy atom. The Hall–Kier alpha value is -1.82. The highest BCUT2D eigenvalue weighted by Gasteiger charge is 2.14. The first-order valence-electron chi connectivity index (χ1n) is 3.72. The van der Waals surface area contributed by atoms with Crippen LogP contribution in [0.15, 0.2) is 24.9 Å². The van der Waals surface area contributed by atoms with Crippen LogP contribution >= 0.6 is 11.5 Å². The fourth-order valence-corrected chi connectivity index (χ4v) is 1.73. The summed E-state index contributed by atoms with van der Waals surface area (Å²) in [5, 5.41) is 8.84. The number of carboxylic acids is 1. The van der Waals surface area contributed by atoms with E-state index in [1.165, 1.54) is 12.5 Å². The van der Waals surface area contributed by atoms with Gasteiger partial charge in [-0.3, -0.25) is 0 Å². The van der Waals surface area contributed by atoms with Crippen molar-refractivity contribution < 1.29 is 9.90 Å². The second-order valence-electron chi connectivity index (χ2n) is 2.50. The molecule has 0 aliphatic carbocycles. The monoisotopic (exact) mass is 207 g/mol. The van der Waals surface area contributed by atoms with Crippen LogP contribution in [0.4, 0.5) is 0 Å². The van der Waals surface area contributed by atoms with Crippen molar-refractivity contribution in [3.63, 3.8) is 0 Å². The summed E-state index contributed by atoms with van der Waals surface area (Å²) in [5.74, 6) is -0.988. The van der Waals surface area contributed by atoms with Gasteiger partial charge in [-0.15, -0.1) is 0 Å². The molecule has 0 unspecified atom stereocenters. The van der Waals surface area contributed by atoms with Crippen molar-refractivity contribution in [1.29, 1.82) is 0 Å². The lowest BCUT2D eigenvalue weighted by molar-refractivity contribution is 0.0698. The SMILES string of the molecule is O=C(O)c1cnsc1-c1cncnc1. The molecule has 0 bridgehead atoms. The maximum Gasteiger partial charge on any atom is 0.338 e. The molecular formula is C8H5N3O2S. The van der Waals surface area contributed by atoms with Crippen LogP contribution in [-0.2, 0) is 0 Å². The number of carbonyl (C=O) groups is 1. The van der Waals surface area contributed by atoms with Crippen LogP contribution in [-0.4, -0.2) is 25.4 Å². The Morgan fingerprint density at radius 3 is 2.64 bits per heavy atom. The van der Waals surface area contributed by atoms with Crippen LogP contribution in [0.5, 0.6) is 0 Å². The topological polar surface area (TPSA) is 76.0 Å². The van der Waals surface area contributed by atoms with Crippen LogP contribution in [0.2, 0.25) is 0 Å². The molecule has 0 spiro atoms. The van der Waals surface area contributed by atoms with Crippen molar-refractivity contribution in [2.24, 2.45) is 0 Å². The average molecular weight is 207 g/mol. The zero-order valence-corrected chi connectivity index (χ0v) is 7.73. The van der Waals surface area contributed by atoms with Crippen molar-refractivity contribution in [1.82, 2.24) is 14.3 Å². The van der Waals surface area contributed by atoms with E-state index >= 15 is 0 Å². The van der Waals surface area contributed by atoms with E-state index in [9.17, 15) is 4.79 Å². The molecule has 0 amide bonds. The van der Waals surface area contributed by atoms with Gasteiger partial charge in [0.05, 0.1) is 16.6 Å². The van der Waals surface area contributed by atoms with Crippen LogP contribution in [0, 0.1) is 0 Å². The molecule has 5 nitrogen and oxygen atoms in total. The minimum absolute atomic E-state index is 0.185. The number of nitrogens with zero attached hydrogens (tertiary/aromatic N) is 3. The molecule has 0 saturated carbocycles. The summed E-state index contributed by atoms with van der Waals surface area (Å²) in [5.41, 5.74) is 0.859. The number of aromatic carboxylic acids is 1. The quantitative estimate of drug-likeness (QED) is 0.803. The fourth-order valence-electron chi connectivity index (χ4n) is 1.02. The van der Waals surface area contributed by atoms with Gasteiger partial charge in [0.2, 0.25) is 0 Å². The zero-order valence-electron chi connectivity index (χ0n) is 6.91. The van der Waals surface area contributed by atoms with Gasteiger partial charge in [0.1, 0.15) is 6.33 Å². The van der Waals surface area contributed by atoms with Crippen LogP contribution in [0.25, 0.3) is 10.4 Å². The van der Waals surface area contributed by atoms with Crippen molar-refractivity contribution >= 4 is 17.5 Å². The van der Waals surface area contributed by atoms with Crippen molar-refractivity contribution in [3.05, 3.63) is 30.5 Å². The molecule has 0 aliphatic heterocycles. The summed E-state index contributed by atoms with van der Waals surface area (Å²) < 4.78 is 3.83. The second-order valence-corrected chi connectivity index (χ2v) is 3.30. The highest BCUT2D eigenvalue weighted by Crippen LogP contribution is 2.25. The summed E-state index contributed by atoms with van der Waals surface area (Å²) in [6.07, 6.45) is 5.85. The molecule has 2 aromatic rings. The molecule has 14 heavy (non-hydrogen) atoms. The standard InChI is InChI=1S/C8H5N3O2S/c12-8(13)6-3-11-14-7(6)5-1-9-4-10-2-5/h1-4H,(H,12,13). The molecule has 6 heteroatoms. The predicted octanol–water partition coefficient (Wildman–Crippen LogP) is 1.30. The number of hydrogen-bond acceptors (Lipinski definition) is 5. The summed E-state index contributed by atoms with van der Waals surface area (Å²) in [4.78, 5) is 19.0. The molecule has 1 N–H and O–H groups in total. The van der Waals surface area contributed by atoms with E-state index in [0.717, 1.165) is 11.5 Å². The van der Waals surface area contributed by atoms with E-state index in [1.54, 1.807) is 12.4 Å². The van der Waals surface area contributed by atoms with Gasteiger partial charge in [-0.05, 0) is 11.5 Å². The van der Waals surface area contributed by atoms with Crippen molar-refractivity contribution in [2.45, 2.75) is 0 Å². The molecule has 2 rings (SSSR count). The van der Waals surface area contributed by atoms with E-state index in [0.29, 0.717) is 10.4 Å². The molecule has 0 aromatic carbocycles. The molecule has 0 saturated heterocycles. The van der Waals surface area contributed by atoms with E-state index in [2.05, 4.69) is 14.3 Å². The van der Waals surface area contributed by atoms with Gasteiger partial charge in [0.15, 0.2) is 0 Å². The first-order chi connectivity index (χ1) is 6.79. The molecule has 0 radical (unpaired) electrons. The smallest absolute Gasteiger partial charge is 0.338 e. The number of rotatable bonds is 2. The normalized spacial score (nSPS) is 10.0. The van der Waals surface area contributed by atoms with Crippen molar-refractivity contribution in [2.75, 3.05) is 0 Å². The van der Waals surface area contributed by atoms with Gasteiger partial charge in [-0.1, -0.05) is 0 Å². The highest BCUT2D eigenvalue weighted by molar-refractivity contribution is 7.10. The molecular weight excluding hydrogens is 202 g/mol. The molecule has 0 fully saturated rings. The van der Waals surface area contributed by atoms with Crippen LogP contribution in [0.3, 0.4) is 0 Å². The molecule has 0 aliphatic rings. The Morgan fingerprint density at radius 1 is 1.29 bits per heavy atom. The van der Waals surface area contributed by atoms with Gasteiger partial charge in [-0.2, -0.15) is 4.37 Å². The van der Waals surface area contributed by atoms with E-state index < -0.39 is 5.97 Å². The molecule has 0 atom stereocenters. The van der Waals surface area contributed by atoms with Gasteiger partial charge in [0, 0.05) is 18.0 Å². The summed E-state index contributed by atoms with van der Waals surface area (Å²) >= 11 is 1.12. The molecule has 2 aromatic heterocycles. The number of aromatic nitrogens is 3. The largest absolute Gasteiger partial charge is 0.478 e. The van der Waals surface area contributed by atoms with Gasteiger partial charge in [0.25, 0.3) is 0 Å². The fraction of sp³-hybridized carbons (Fsp3) is 0. The van der Waals surface area contributed by atoms with Gasteiger partial charge in [-0.25, -0.2) is 14.8 Å². The Kier molecular flexibility index (Phi) is 2.19. The number of hydrogen-bond donors (Lipinski definition) is 1. The summed E-state index contributed by atoms with van der Waals surface area (Å²) in [6, 6.07) is 0. The third kappa shape index (κ3) is 1.47. The van der Waals surface area contributed by atoms with E-state index in [-0.39, 0.29) is 5.56 Å². The summed E-state index contributed by atoms with van der Waals surface area (Å²) in [7, 11) is 0. The van der Waals surface area contributed by atoms with Crippen molar-refractivity contribution in [3.8, 4) is 10.4 Å². The summed E-state index contributed by atoms with van der Waals surface area (Å²) in [6.45, 7) is 0. The highest BCUT2D eigenvalue weighted by atomic mass is 32.1. The maximum absolute atomic E-state index is 10.8. The van der Waals surface area contributed by atoms with Gasteiger partial charge < -0.3 is 5.11 Å².